The molecule has 1 aliphatic rings. The van der Waals surface area contributed by atoms with Crippen LogP contribution in [0.1, 0.15) is 68.6 Å². The van der Waals surface area contributed by atoms with Crippen LogP contribution in [-0.4, -0.2) is 18.5 Å². The number of aryl methyl sites for hydroxylation is 3. The minimum atomic E-state index is -0.460. The zero-order valence-electron chi connectivity index (χ0n) is 20.5. The molecule has 0 amide bonds. The molecule has 34 heavy (non-hydrogen) atoms. The molecular weight excluding hydrogens is 420 g/mol. The summed E-state index contributed by atoms with van der Waals surface area (Å²) in [6.45, 7) is 4.76. The van der Waals surface area contributed by atoms with Crippen molar-refractivity contribution in [3.8, 4) is 11.5 Å². The third-order valence-corrected chi connectivity index (χ3v) is 6.74. The average Bonchev–Trinajstić information content (AvgIpc) is 2.85. The molecule has 0 fully saturated rings. The zero-order chi connectivity index (χ0) is 23.8. The van der Waals surface area contributed by atoms with Gasteiger partial charge in [0.1, 0.15) is 11.5 Å². The van der Waals surface area contributed by atoms with E-state index in [-0.39, 0.29) is 7.21 Å². The maximum atomic E-state index is 13.0. The van der Waals surface area contributed by atoms with Crippen molar-refractivity contribution in [2.24, 2.45) is 0 Å². The SMILES string of the molecule is CCCc1ccc(OCCC2Oc3ccccc3C(CCc3ccc(C)cc3)CCC2=O)cc1.[HH]. The van der Waals surface area contributed by atoms with Crippen LogP contribution in [0.3, 0.4) is 0 Å². The van der Waals surface area contributed by atoms with E-state index in [4.69, 9.17) is 9.47 Å². The fraction of sp³-hybridized carbons (Fsp3) is 0.387. The van der Waals surface area contributed by atoms with Gasteiger partial charge in [-0.2, -0.15) is 0 Å². The third kappa shape index (κ3) is 6.50. The topological polar surface area (TPSA) is 35.5 Å². The van der Waals surface area contributed by atoms with Crippen LogP contribution < -0.4 is 9.47 Å². The second-order valence-corrected chi connectivity index (χ2v) is 9.40. The van der Waals surface area contributed by atoms with Crippen molar-refractivity contribution in [2.45, 2.75) is 70.8 Å². The first-order valence-corrected chi connectivity index (χ1v) is 12.7. The van der Waals surface area contributed by atoms with E-state index >= 15 is 0 Å². The monoisotopic (exact) mass is 458 g/mol. The average molecular weight is 459 g/mol. The van der Waals surface area contributed by atoms with Crippen molar-refractivity contribution >= 4 is 5.78 Å². The highest BCUT2D eigenvalue weighted by Crippen LogP contribution is 2.36. The summed E-state index contributed by atoms with van der Waals surface area (Å²) in [5, 5.41) is 0. The number of fused-ring (bicyclic) bond motifs is 1. The summed E-state index contributed by atoms with van der Waals surface area (Å²) in [7, 11) is 0. The van der Waals surface area contributed by atoms with Gasteiger partial charge < -0.3 is 9.47 Å². The summed E-state index contributed by atoms with van der Waals surface area (Å²) in [5.74, 6) is 2.19. The van der Waals surface area contributed by atoms with Crippen molar-refractivity contribution in [2.75, 3.05) is 6.61 Å². The lowest BCUT2D eigenvalue weighted by Gasteiger charge is -2.27. The van der Waals surface area contributed by atoms with E-state index in [2.05, 4.69) is 62.4 Å². The van der Waals surface area contributed by atoms with E-state index in [1.54, 1.807) is 0 Å². The molecule has 0 spiro atoms. The predicted molar refractivity (Wildman–Crippen MR) is 140 cm³/mol. The first kappa shape index (κ1) is 24.1. The molecule has 2 unspecified atom stereocenters. The van der Waals surface area contributed by atoms with Gasteiger partial charge in [0.05, 0.1) is 6.61 Å². The van der Waals surface area contributed by atoms with E-state index in [0.717, 1.165) is 43.6 Å². The molecular formula is C31H38O3. The van der Waals surface area contributed by atoms with Crippen molar-refractivity contribution in [3.05, 3.63) is 95.1 Å². The highest BCUT2D eigenvalue weighted by Gasteiger charge is 2.28. The molecule has 0 N–H and O–H groups in total. The van der Waals surface area contributed by atoms with E-state index in [0.29, 0.717) is 25.4 Å². The standard InChI is InChI=1S/C31H36O3.H2/c1-3-6-24-14-18-27(19-15-24)33-22-21-31-29(32)20-17-26(28-7-4-5-8-30(28)34-31)16-13-25-11-9-23(2)10-12-25;/h4-5,7-12,14-15,18-19,26,31H,3,6,13,16-17,20-22H2,1-2H3;1H. The molecule has 0 aromatic heterocycles. The Morgan fingerprint density at radius 3 is 2.38 bits per heavy atom. The fourth-order valence-corrected chi connectivity index (χ4v) is 4.72. The van der Waals surface area contributed by atoms with Gasteiger partial charge in [-0.25, -0.2) is 0 Å². The van der Waals surface area contributed by atoms with Crippen LogP contribution in [0.25, 0.3) is 0 Å². The van der Waals surface area contributed by atoms with Crippen LogP contribution in [0.5, 0.6) is 11.5 Å². The van der Waals surface area contributed by atoms with E-state index in [1.807, 2.05) is 24.3 Å². The predicted octanol–water partition coefficient (Wildman–Crippen LogP) is 7.49. The van der Waals surface area contributed by atoms with E-state index in [1.165, 1.54) is 22.3 Å². The van der Waals surface area contributed by atoms with Crippen molar-refractivity contribution in [1.82, 2.24) is 0 Å². The molecule has 3 heteroatoms. The van der Waals surface area contributed by atoms with Gasteiger partial charge in [0.25, 0.3) is 0 Å². The van der Waals surface area contributed by atoms with Gasteiger partial charge in [-0.05, 0) is 73.4 Å². The molecule has 1 heterocycles. The van der Waals surface area contributed by atoms with Gasteiger partial charge in [-0.3, -0.25) is 4.79 Å². The second kappa shape index (κ2) is 11.9. The number of rotatable bonds is 9. The number of ketones is 1. The molecule has 0 radical (unpaired) electrons. The van der Waals surface area contributed by atoms with Crippen LogP contribution in [0.4, 0.5) is 0 Å². The maximum absolute atomic E-state index is 13.0. The molecule has 2 atom stereocenters. The number of Topliss-reactive ketones (excluding diaryl/α,β-unsaturated/α-hetero) is 1. The lowest BCUT2D eigenvalue weighted by molar-refractivity contribution is -0.126. The van der Waals surface area contributed by atoms with Crippen molar-refractivity contribution in [3.63, 3.8) is 0 Å². The van der Waals surface area contributed by atoms with Crippen molar-refractivity contribution < 1.29 is 15.7 Å². The van der Waals surface area contributed by atoms with Gasteiger partial charge in [-0.15, -0.1) is 0 Å². The molecule has 0 saturated heterocycles. The normalized spacial score (nSPS) is 17.9. The Bertz CT molecular complexity index is 1060. The molecule has 3 aromatic carbocycles. The van der Waals surface area contributed by atoms with Crippen LogP contribution in [0, 0.1) is 6.92 Å². The maximum Gasteiger partial charge on any atom is 0.173 e. The smallest absolute Gasteiger partial charge is 0.173 e. The summed E-state index contributed by atoms with van der Waals surface area (Å²) < 4.78 is 12.2. The summed E-state index contributed by atoms with van der Waals surface area (Å²) in [6.07, 6.45) is 5.73. The Morgan fingerprint density at radius 1 is 0.912 bits per heavy atom. The summed E-state index contributed by atoms with van der Waals surface area (Å²) in [6, 6.07) is 25.2. The number of benzene rings is 3. The highest BCUT2D eigenvalue weighted by atomic mass is 16.5. The van der Waals surface area contributed by atoms with Gasteiger partial charge in [-0.1, -0.05) is 73.5 Å². The first-order chi connectivity index (χ1) is 16.6. The van der Waals surface area contributed by atoms with Crippen LogP contribution >= 0.6 is 0 Å². The second-order valence-electron chi connectivity index (χ2n) is 9.40. The van der Waals surface area contributed by atoms with Gasteiger partial charge >= 0.3 is 0 Å². The molecule has 0 saturated carbocycles. The van der Waals surface area contributed by atoms with Gasteiger partial charge in [0.2, 0.25) is 0 Å². The molecule has 1 aliphatic heterocycles. The summed E-state index contributed by atoms with van der Waals surface area (Å²) in [5.41, 5.74) is 5.17. The highest BCUT2D eigenvalue weighted by molar-refractivity contribution is 5.83. The molecule has 3 aromatic rings. The Balaban J connectivity index is 0.00000342. The van der Waals surface area contributed by atoms with Crippen LogP contribution in [0.15, 0.2) is 72.8 Å². The molecule has 0 aliphatic carbocycles. The summed E-state index contributed by atoms with van der Waals surface area (Å²) in [4.78, 5) is 13.0. The minimum absolute atomic E-state index is 0. The van der Waals surface area contributed by atoms with Gasteiger partial charge in [0, 0.05) is 14.3 Å². The number of para-hydroxylation sites is 1. The Morgan fingerprint density at radius 2 is 1.62 bits per heavy atom. The molecule has 180 valence electrons. The summed E-state index contributed by atoms with van der Waals surface area (Å²) >= 11 is 0. The van der Waals surface area contributed by atoms with E-state index < -0.39 is 6.10 Å². The number of carbonyl (C=O) groups excluding carboxylic acids is 1. The van der Waals surface area contributed by atoms with Crippen molar-refractivity contribution in [1.29, 1.82) is 0 Å². The number of hydrogen-bond acceptors (Lipinski definition) is 3. The Labute approximate surface area is 205 Å². The number of hydrogen-bond donors (Lipinski definition) is 0. The zero-order valence-corrected chi connectivity index (χ0v) is 20.5. The molecule has 0 bridgehead atoms. The minimum Gasteiger partial charge on any atom is -0.493 e. The van der Waals surface area contributed by atoms with Crippen LogP contribution in [0.2, 0.25) is 0 Å². The number of ether oxygens (including phenoxy) is 2. The quantitative estimate of drug-likeness (QED) is 0.333. The van der Waals surface area contributed by atoms with E-state index in [9.17, 15) is 4.79 Å². The Kier molecular flexibility index (Phi) is 8.41. The third-order valence-electron chi connectivity index (χ3n) is 6.74. The lowest BCUT2D eigenvalue weighted by Crippen LogP contribution is -2.31. The fourth-order valence-electron chi connectivity index (χ4n) is 4.72. The Hall–Kier alpha value is -3.07. The molecule has 3 nitrogen and oxygen atoms in total. The number of carbonyl (C=O) groups is 1. The molecule has 4 rings (SSSR count). The lowest BCUT2D eigenvalue weighted by atomic mass is 9.85. The first-order valence-electron chi connectivity index (χ1n) is 12.7. The largest absolute Gasteiger partial charge is 0.493 e. The van der Waals surface area contributed by atoms with Crippen LogP contribution in [-0.2, 0) is 17.6 Å². The van der Waals surface area contributed by atoms with Gasteiger partial charge in [0.15, 0.2) is 11.9 Å².